The van der Waals surface area contributed by atoms with Crippen LogP contribution in [0.3, 0.4) is 0 Å². The predicted molar refractivity (Wildman–Crippen MR) is 102 cm³/mol. The summed E-state index contributed by atoms with van der Waals surface area (Å²) in [6, 6.07) is 7.47. The summed E-state index contributed by atoms with van der Waals surface area (Å²) in [6.45, 7) is 13.9. The molecule has 1 aromatic carbocycles. The molecule has 24 heavy (non-hydrogen) atoms. The molecular weight excluding hydrogens is 300 g/mol. The van der Waals surface area contributed by atoms with E-state index in [1.54, 1.807) is 6.08 Å². The van der Waals surface area contributed by atoms with E-state index in [0.717, 1.165) is 30.4 Å². The van der Waals surface area contributed by atoms with Gasteiger partial charge in [0, 0.05) is 6.08 Å². The molecule has 1 rings (SSSR count). The average molecular weight is 335 g/mol. The maximum absolute atomic E-state index is 10.4. The number of benzene rings is 1. The summed E-state index contributed by atoms with van der Waals surface area (Å²) in [5.74, 6) is 0.604. The first-order valence-electron chi connectivity index (χ1n) is 8.90. The van der Waals surface area contributed by atoms with E-state index in [0.29, 0.717) is 11.3 Å². The molecule has 3 heteroatoms. The first-order valence-corrected chi connectivity index (χ1v) is 8.90. The molecule has 0 amide bonds. The summed E-state index contributed by atoms with van der Waals surface area (Å²) in [5.41, 5.74) is 1.24. The van der Waals surface area contributed by atoms with Crippen molar-refractivity contribution in [3.63, 3.8) is 0 Å². The van der Waals surface area contributed by atoms with Crippen molar-refractivity contribution < 1.29 is 14.6 Å². The molecule has 0 saturated carbocycles. The number of ether oxygens (including phenoxy) is 1. The number of hydrogen-bond acceptors (Lipinski definition) is 2. The molecule has 1 atom stereocenters. The Morgan fingerprint density at radius 1 is 1.21 bits per heavy atom. The molecule has 0 saturated heterocycles. The van der Waals surface area contributed by atoms with Crippen LogP contribution in [0.2, 0.25) is 0 Å². The summed E-state index contributed by atoms with van der Waals surface area (Å²) in [5, 5.41) is 8.58. The lowest BCUT2D eigenvalue weighted by molar-refractivity contribution is -0.131. The third-order valence-corrected chi connectivity index (χ3v) is 3.37. The zero-order chi connectivity index (χ0) is 18.6. The standard InChI is InChI=1S/C19H28O3.C2H6/c1-15(14-19(2,3)4)6-5-13-22-17-10-7-16(8-11-17)9-12-18(20)21;1-2/h7-12,15H,5-6,13-14H2,1-4H3,(H,20,21);1-2H3/b12-9+;. The highest BCUT2D eigenvalue weighted by Gasteiger charge is 2.14. The lowest BCUT2D eigenvalue weighted by Gasteiger charge is -2.23. The molecule has 0 spiro atoms. The Morgan fingerprint density at radius 2 is 1.79 bits per heavy atom. The van der Waals surface area contributed by atoms with Gasteiger partial charge in [0.05, 0.1) is 6.61 Å². The monoisotopic (exact) mass is 334 g/mol. The minimum Gasteiger partial charge on any atom is -0.494 e. The molecule has 3 nitrogen and oxygen atoms in total. The van der Waals surface area contributed by atoms with Crippen molar-refractivity contribution in [3.05, 3.63) is 35.9 Å². The van der Waals surface area contributed by atoms with Gasteiger partial charge in [-0.3, -0.25) is 0 Å². The second-order valence-corrected chi connectivity index (χ2v) is 7.10. The highest BCUT2D eigenvalue weighted by atomic mass is 16.5. The van der Waals surface area contributed by atoms with Gasteiger partial charge in [-0.05, 0) is 54.4 Å². The predicted octanol–water partition coefficient (Wildman–Crippen LogP) is 6.04. The minimum absolute atomic E-state index is 0.388. The van der Waals surface area contributed by atoms with Crippen LogP contribution in [0, 0.1) is 11.3 Å². The van der Waals surface area contributed by atoms with Gasteiger partial charge >= 0.3 is 5.97 Å². The number of hydrogen-bond donors (Lipinski definition) is 1. The quantitative estimate of drug-likeness (QED) is 0.465. The maximum atomic E-state index is 10.4. The van der Waals surface area contributed by atoms with Crippen LogP contribution in [0.1, 0.15) is 66.4 Å². The van der Waals surface area contributed by atoms with Gasteiger partial charge in [0.2, 0.25) is 0 Å². The lowest BCUT2D eigenvalue weighted by Crippen LogP contribution is -2.11. The Labute approximate surface area is 147 Å². The molecule has 0 aliphatic carbocycles. The van der Waals surface area contributed by atoms with E-state index in [1.165, 1.54) is 12.8 Å². The molecule has 0 aliphatic heterocycles. The Hall–Kier alpha value is -1.77. The molecule has 1 aromatic rings. The van der Waals surface area contributed by atoms with Crippen LogP contribution in [0.25, 0.3) is 6.08 Å². The zero-order valence-corrected chi connectivity index (χ0v) is 16.1. The van der Waals surface area contributed by atoms with Crippen LogP contribution < -0.4 is 4.74 Å². The first-order chi connectivity index (χ1) is 11.3. The van der Waals surface area contributed by atoms with Crippen molar-refractivity contribution in [1.82, 2.24) is 0 Å². The van der Waals surface area contributed by atoms with Crippen LogP contribution in [-0.2, 0) is 4.79 Å². The molecule has 136 valence electrons. The van der Waals surface area contributed by atoms with Gasteiger partial charge in [0.25, 0.3) is 0 Å². The number of carboxylic acid groups (broad SMARTS) is 1. The SMILES string of the molecule is CC.CC(CCCOc1ccc(/C=C/C(=O)O)cc1)CC(C)(C)C. The molecular formula is C21H34O3. The fourth-order valence-corrected chi connectivity index (χ4v) is 2.61. The fraction of sp³-hybridized carbons (Fsp3) is 0.571. The summed E-state index contributed by atoms with van der Waals surface area (Å²) < 4.78 is 5.73. The number of aliphatic carboxylic acids is 1. The van der Waals surface area contributed by atoms with Crippen molar-refractivity contribution in [2.24, 2.45) is 11.3 Å². The Bertz CT molecular complexity index is 481. The van der Waals surface area contributed by atoms with E-state index in [4.69, 9.17) is 9.84 Å². The molecule has 0 radical (unpaired) electrons. The van der Waals surface area contributed by atoms with Gasteiger partial charge in [-0.25, -0.2) is 4.79 Å². The summed E-state index contributed by atoms with van der Waals surface area (Å²) in [6.07, 6.45) is 6.17. The summed E-state index contributed by atoms with van der Waals surface area (Å²) in [7, 11) is 0. The molecule has 0 aliphatic rings. The van der Waals surface area contributed by atoms with Gasteiger partial charge in [-0.1, -0.05) is 53.7 Å². The number of carbonyl (C=O) groups is 1. The van der Waals surface area contributed by atoms with E-state index in [1.807, 2.05) is 38.1 Å². The van der Waals surface area contributed by atoms with E-state index >= 15 is 0 Å². The van der Waals surface area contributed by atoms with Gasteiger partial charge < -0.3 is 9.84 Å². The van der Waals surface area contributed by atoms with Crippen LogP contribution in [0.5, 0.6) is 5.75 Å². The first kappa shape index (κ1) is 22.2. The number of rotatable bonds is 8. The van der Waals surface area contributed by atoms with Crippen LogP contribution in [-0.4, -0.2) is 17.7 Å². The van der Waals surface area contributed by atoms with Crippen molar-refractivity contribution in [2.45, 2.75) is 60.8 Å². The normalized spacial score (nSPS) is 12.4. The van der Waals surface area contributed by atoms with Crippen LogP contribution in [0.4, 0.5) is 0 Å². The molecule has 0 aromatic heterocycles. The van der Waals surface area contributed by atoms with Gasteiger partial charge in [0.1, 0.15) is 5.75 Å². The highest BCUT2D eigenvalue weighted by molar-refractivity contribution is 5.85. The molecule has 0 fully saturated rings. The largest absolute Gasteiger partial charge is 0.494 e. The summed E-state index contributed by atoms with van der Waals surface area (Å²) in [4.78, 5) is 10.4. The van der Waals surface area contributed by atoms with Crippen LogP contribution in [0.15, 0.2) is 30.3 Å². The third-order valence-electron chi connectivity index (χ3n) is 3.37. The Balaban J connectivity index is 0.00000254. The van der Waals surface area contributed by atoms with E-state index in [9.17, 15) is 4.79 Å². The molecule has 0 bridgehead atoms. The van der Waals surface area contributed by atoms with E-state index in [2.05, 4.69) is 27.7 Å². The van der Waals surface area contributed by atoms with Crippen molar-refractivity contribution in [2.75, 3.05) is 6.61 Å². The maximum Gasteiger partial charge on any atom is 0.328 e. The smallest absolute Gasteiger partial charge is 0.328 e. The topological polar surface area (TPSA) is 46.5 Å². The van der Waals surface area contributed by atoms with Crippen molar-refractivity contribution in [3.8, 4) is 5.75 Å². The highest BCUT2D eigenvalue weighted by Crippen LogP contribution is 2.26. The van der Waals surface area contributed by atoms with Crippen LogP contribution >= 0.6 is 0 Å². The van der Waals surface area contributed by atoms with Gasteiger partial charge in [-0.2, -0.15) is 0 Å². The van der Waals surface area contributed by atoms with E-state index < -0.39 is 5.97 Å². The number of carboxylic acids is 1. The minimum atomic E-state index is -0.940. The molecule has 0 heterocycles. The average Bonchev–Trinajstić information content (AvgIpc) is 2.51. The Kier molecular flexibility index (Phi) is 10.9. The van der Waals surface area contributed by atoms with E-state index in [-0.39, 0.29) is 0 Å². The fourth-order valence-electron chi connectivity index (χ4n) is 2.61. The van der Waals surface area contributed by atoms with Crippen molar-refractivity contribution in [1.29, 1.82) is 0 Å². The second-order valence-electron chi connectivity index (χ2n) is 7.10. The van der Waals surface area contributed by atoms with Gasteiger partial charge in [-0.15, -0.1) is 0 Å². The zero-order valence-electron chi connectivity index (χ0n) is 16.1. The lowest BCUT2D eigenvalue weighted by atomic mass is 9.84. The molecule has 1 N–H and O–H groups in total. The molecule has 1 unspecified atom stereocenters. The van der Waals surface area contributed by atoms with Gasteiger partial charge in [0.15, 0.2) is 0 Å². The van der Waals surface area contributed by atoms with Crippen molar-refractivity contribution >= 4 is 12.0 Å². The third kappa shape index (κ3) is 11.8. The summed E-state index contributed by atoms with van der Waals surface area (Å²) >= 11 is 0. The Morgan fingerprint density at radius 3 is 2.29 bits per heavy atom. The second kappa shape index (κ2) is 11.7.